The van der Waals surface area contributed by atoms with Crippen LogP contribution < -0.4 is 10.1 Å². The molecule has 1 heterocycles. The lowest BCUT2D eigenvalue weighted by Gasteiger charge is -2.28. The summed E-state index contributed by atoms with van der Waals surface area (Å²) in [4.78, 5) is 28.1. The molecule has 6 heteroatoms. The average molecular weight is 342 g/mol. The van der Waals surface area contributed by atoms with E-state index in [-0.39, 0.29) is 30.3 Å². The summed E-state index contributed by atoms with van der Waals surface area (Å²) >= 11 is 0. The molecule has 0 fully saturated rings. The van der Waals surface area contributed by atoms with Crippen molar-refractivity contribution in [3.8, 4) is 5.75 Å². The molecular formula is C19H22N2O4. The van der Waals surface area contributed by atoms with E-state index in [2.05, 4.69) is 24.1 Å². The minimum atomic E-state index is -0.311. The second-order valence-corrected chi connectivity index (χ2v) is 7.05. The molecule has 1 aliphatic rings. The number of carbonyl (C=O) groups excluding carboxylic acids is 2. The molecule has 25 heavy (non-hydrogen) atoms. The molecule has 0 spiro atoms. The Morgan fingerprint density at radius 2 is 2.00 bits per heavy atom. The topological polar surface area (TPSA) is 91.4 Å². The van der Waals surface area contributed by atoms with Gasteiger partial charge in [-0.05, 0) is 36.1 Å². The van der Waals surface area contributed by atoms with Gasteiger partial charge in [0, 0.05) is 24.0 Å². The van der Waals surface area contributed by atoms with Crippen molar-refractivity contribution in [2.24, 2.45) is 5.41 Å². The van der Waals surface area contributed by atoms with Crippen LogP contribution in [0.4, 0.5) is 5.69 Å². The number of aromatic amines is 1. The van der Waals surface area contributed by atoms with Gasteiger partial charge in [-0.2, -0.15) is 0 Å². The highest BCUT2D eigenvalue weighted by Crippen LogP contribution is 2.35. The fraction of sp³-hybridized carbons (Fsp3) is 0.368. The first-order chi connectivity index (χ1) is 11.9. The van der Waals surface area contributed by atoms with Crippen LogP contribution in [-0.4, -0.2) is 35.0 Å². The predicted octanol–water partition coefficient (Wildman–Crippen LogP) is 2.79. The summed E-state index contributed by atoms with van der Waals surface area (Å²) in [5.41, 5.74) is 2.25. The number of ketones is 1. The van der Waals surface area contributed by atoms with Crippen LogP contribution >= 0.6 is 0 Å². The largest absolute Gasteiger partial charge is 0.491 e. The Morgan fingerprint density at radius 1 is 1.28 bits per heavy atom. The van der Waals surface area contributed by atoms with Crippen LogP contribution in [0.5, 0.6) is 5.75 Å². The Kier molecular flexibility index (Phi) is 4.63. The molecule has 0 saturated carbocycles. The number of H-pyrrole nitrogens is 1. The van der Waals surface area contributed by atoms with Crippen LogP contribution in [0.3, 0.4) is 0 Å². The molecule has 0 bridgehead atoms. The summed E-state index contributed by atoms with van der Waals surface area (Å²) < 4.78 is 5.28. The lowest BCUT2D eigenvalue weighted by molar-refractivity contribution is 0.0902. The maximum atomic E-state index is 12.6. The summed E-state index contributed by atoms with van der Waals surface area (Å²) in [6.07, 6.45) is 2.80. The van der Waals surface area contributed by atoms with Crippen LogP contribution in [0.1, 0.15) is 46.7 Å². The van der Waals surface area contributed by atoms with Gasteiger partial charge in [-0.15, -0.1) is 0 Å². The summed E-state index contributed by atoms with van der Waals surface area (Å²) in [6, 6.07) is 6.86. The molecule has 0 unspecified atom stereocenters. The number of amides is 1. The number of hydrogen-bond acceptors (Lipinski definition) is 4. The highest BCUT2D eigenvalue weighted by Gasteiger charge is 2.35. The number of aliphatic hydroxyl groups excluding tert-OH is 1. The van der Waals surface area contributed by atoms with E-state index < -0.39 is 0 Å². The Bertz CT molecular complexity index is 790. The summed E-state index contributed by atoms with van der Waals surface area (Å²) in [5.74, 6) is 0.309. The van der Waals surface area contributed by atoms with Gasteiger partial charge < -0.3 is 20.1 Å². The lowest BCUT2D eigenvalue weighted by atomic mass is 9.75. The number of aromatic nitrogens is 1. The number of anilines is 1. The molecule has 2 aromatic rings. The van der Waals surface area contributed by atoms with Crippen LogP contribution in [0.25, 0.3) is 0 Å². The van der Waals surface area contributed by atoms with Crippen LogP contribution in [0, 0.1) is 5.41 Å². The third-order valence-corrected chi connectivity index (χ3v) is 4.25. The Morgan fingerprint density at radius 3 is 2.68 bits per heavy atom. The molecular weight excluding hydrogens is 320 g/mol. The van der Waals surface area contributed by atoms with Crippen molar-refractivity contribution in [2.45, 2.75) is 26.7 Å². The number of aliphatic hydroxyl groups is 1. The van der Waals surface area contributed by atoms with Gasteiger partial charge in [0.05, 0.1) is 17.7 Å². The Labute approximate surface area is 146 Å². The number of benzene rings is 1. The summed E-state index contributed by atoms with van der Waals surface area (Å²) in [5, 5.41) is 11.5. The van der Waals surface area contributed by atoms with Gasteiger partial charge in [0.15, 0.2) is 5.78 Å². The van der Waals surface area contributed by atoms with E-state index in [1.807, 2.05) is 0 Å². The molecule has 3 rings (SSSR count). The highest BCUT2D eigenvalue weighted by atomic mass is 16.5. The van der Waals surface area contributed by atoms with Crippen LogP contribution in [-0.2, 0) is 6.42 Å². The molecule has 0 atom stereocenters. The van der Waals surface area contributed by atoms with Crippen LogP contribution in [0.15, 0.2) is 30.5 Å². The zero-order chi connectivity index (χ0) is 18.0. The molecule has 0 aliphatic heterocycles. The fourth-order valence-electron chi connectivity index (χ4n) is 3.16. The normalized spacial score (nSPS) is 15.6. The zero-order valence-electron chi connectivity index (χ0n) is 14.4. The molecule has 0 radical (unpaired) electrons. The molecule has 6 nitrogen and oxygen atoms in total. The van der Waals surface area contributed by atoms with Crippen molar-refractivity contribution in [2.75, 3.05) is 18.5 Å². The highest BCUT2D eigenvalue weighted by molar-refractivity contribution is 6.13. The Balaban J connectivity index is 1.75. The average Bonchev–Trinajstić information content (AvgIpc) is 2.97. The van der Waals surface area contributed by atoms with Gasteiger partial charge in [0.2, 0.25) is 0 Å². The Hall–Kier alpha value is -2.60. The molecule has 0 saturated heterocycles. The van der Waals surface area contributed by atoms with Gasteiger partial charge in [-0.25, -0.2) is 0 Å². The number of carbonyl (C=O) groups is 2. The monoisotopic (exact) mass is 342 g/mol. The summed E-state index contributed by atoms with van der Waals surface area (Å²) in [7, 11) is 0. The van der Waals surface area contributed by atoms with Crippen molar-refractivity contribution < 1.29 is 19.4 Å². The summed E-state index contributed by atoms with van der Waals surface area (Å²) in [6.45, 7) is 4.27. The number of rotatable bonds is 5. The number of Topliss-reactive ketones (excluding diaryl/α,β-unsaturated/α-hetero) is 1. The zero-order valence-corrected chi connectivity index (χ0v) is 14.4. The van der Waals surface area contributed by atoms with E-state index in [4.69, 9.17) is 9.84 Å². The standard InChI is InChI=1S/C19H22N2O4/c1-19(2)9-15-17(16(23)10-19)14(11-20-15)18(24)21-12-3-5-13(6-4-12)25-8-7-22/h3-6,11,20,22H,7-10H2,1-2H3,(H,21,24). The first-order valence-corrected chi connectivity index (χ1v) is 8.28. The van der Waals surface area contributed by atoms with E-state index in [9.17, 15) is 9.59 Å². The third kappa shape index (κ3) is 3.74. The smallest absolute Gasteiger partial charge is 0.257 e. The van der Waals surface area contributed by atoms with E-state index in [0.29, 0.717) is 29.0 Å². The second kappa shape index (κ2) is 6.72. The third-order valence-electron chi connectivity index (χ3n) is 4.25. The number of hydrogen-bond donors (Lipinski definition) is 3. The van der Waals surface area contributed by atoms with Crippen molar-refractivity contribution in [1.82, 2.24) is 4.98 Å². The first kappa shape index (κ1) is 17.2. The molecule has 3 N–H and O–H groups in total. The van der Waals surface area contributed by atoms with E-state index in [1.165, 1.54) is 0 Å². The fourth-order valence-corrected chi connectivity index (χ4v) is 3.16. The SMILES string of the molecule is CC1(C)CC(=O)c2c(C(=O)Nc3ccc(OCCO)cc3)c[nH]c2C1. The first-order valence-electron chi connectivity index (χ1n) is 8.28. The quantitative estimate of drug-likeness (QED) is 0.779. The van der Waals surface area contributed by atoms with E-state index in [0.717, 1.165) is 12.1 Å². The minimum absolute atomic E-state index is 0.00500. The van der Waals surface area contributed by atoms with Gasteiger partial charge >= 0.3 is 0 Å². The number of nitrogens with one attached hydrogen (secondary N) is 2. The molecule has 1 aromatic carbocycles. The maximum Gasteiger partial charge on any atom is 0.257 e. The van der Waals surface area contributed by atoms with Crippen LogP contribution in [0.2, 0.25) is 0 Å². The molecule has 1 aliphatic carbocycles. The molecule has 1 amide bonds. The predicted molar refractivity (Wildman–Crippen MR) is 94.2 cm³/mol. The van der Waals surface area contributed by atoms with Crippen molar-refractivity contribution >= 4 is 17.4 Å². The van der Waals surface area contributed by atoms with E-state index in [1.54, 1.807) is 30.5 Å². The van der Waals surface area contributed by atoms with Gasteiger partial charge in [-0.1, -0.05) is 13.8 Å². The maximum absolute atomic E-state index is 12.6. The van der Waals surface area contributed by atoms with Gasteiger partial charge in [-0.3, -0.25) is 9.59 Å². The minimum Gasteiger partial charge on any atom is -0.491 e. The number of fused-ring (bicyclic) bond motifs is 1. The lowest BCUT2D eigenvalue weighted by Crippen LogP contribution is -2.28. The molecule has 1 aromatic heterocycles. The molecule has 132 valence electrons. The van der Waals surface area contributed by atoms with Crippen molar-refractivity contribution in [1.29, 1.82) is 0 Å². The van der Waals surface area contributed by atoms with Crippen molar-refractivity contribution in [3.63, 3.8) is 0 Å². The van der Waals surface area contributed by atoms with E-state index >= 15 is 0 Å². The second-order valence-electron chi connectivity index (χ2n) is 7.05. The van der Waals surface area contributed by atoms with Crippen molar-refractivity contribution in [3.05, 3.63) is 47.3 Å². The van der Waals surface area contributed by atoms with Gasteiger partial charge in [0.25, 0.3) is 5.91 Å². The van der Waals surface area contributed by atoms with Gasteiger partial charge in [0.1, 0.15) is 12.4 Å². The number of ether oxygens (including phenoxy) is 1.